The van der Waals surface area contributed by atoms with Gasteiger partial charge in [-0.2, -0.15) is 0 Å². The fraction of sp³-hybridized carbons (Fsp3) is 0.158. The first kappa shape index (κ1) is 15.0. The molecule has 4 heteroatoms. The number of rotatable bonds is 4. The van der Waals surface area contributed by atoms with Crippen molar-refractivity contribution in [1.29, 1.82) is 0 Å². The molecule has 4 nitrogen and oxygen atoms in total. The summed E-state index contributed by atoms with van der Waals surface area (Å²) in [5.74, 6) is 0.866. The lowest BCUT2D eigenvalue weighted by atomic mass is 10.2. The number of amides is 1. The van der Waals surface area contributed by atoms with Crippen molar-refractivity contribution in [1.82, 2.24) is 9.88 Å². The highest BCUT2D eigenvalue weighted by atomic mass is 16.4. The molecule has 3 aromatic rings. The first-order valence-corrected chi connectivity index (χ1v) is 7.47. The molecule has 0 aliphatic carbocycles. The summed E-state index contributed by atoms with van der Waals surface area (Å²) in [5.41, 5.74) is 2.30. The second-order valence-corrected chi connectivity index (χ2v) is 5.44. The molecule has 0 saturated heterocycles. The lowest BCUT2D eigenvalue weighted by Gasteiger charge is -2.16. The predicted octanol–water partition coefficient (Wildman–Crippen LogP) is 3.92. The van der Waals surface area contributed by atoms with E-state index in [0.29, 0.717) is 23.9 Å². The largest absolute Gasteiger partial charge is 0.441 e. The monoisotopic (exact) mass is 306 g/mol. The Bertz CT molecular complexity index is 795. The summed E-state index contributed by atoms with van der Waals surface area (Å²) in [6.07, 6.45) is 0. The first-order chi connectivity index (χ1) is 11.1. The van der Waals surface area contributed by atoms with Crippen LogP contribution in [0.2, 0.25) is 0 Å². The summed E-state index contributed by atoms with van der Waals surface area (Å²) >= 11 is 0. The maximum Gasteiger partial charge on any atom is 0.276 e. The Labute approximate surface area is 135 Å². The van der Waals surface area contributed by atoms with Crippen molar-refractivity contribution >= 4 is 5.91 Å². The number of benzene rings is 2. The van der Waals surface area contributed by atoms with Crippen LogP contribution in [0.25, 0.3) is 11.5 Å². The number of aromatic nitrogens is 1. The zero-order valence-corrected chi connectivity index (χ0v) is 13.2. The highest BCUT2D eigenvalue weighted by Gasteiger charge is 2.21. The number of oxazole rings is 1. The van der Waals surface area contributed by atoms with Crippen LogP contribution in [0.4, 0.5) is 0 Å². The molecule has 0 atom stereocenters. The average molecular weight is 306 g/mol. The van der Waals surface area contributed by atoms with E-state index in [0.717, 1.165) is 11.1 Å². The second kappa shape index (κ2) is 6.48. The van der Waals surface area contributed by atoms with Gasteiger partial charge in [0.25, 0.3) is 5.91 Å². The Balaban J connectivity index is 1.81. The summed E-state index contributed by atoms with van der Waals surface area (Å²) in [6.45, 7) is 2.30. The van der Waals surface area contributed by atoms with Gasteiger partial charge in [0.05, 0.1) is 0 Å². The first-order valence-electron chi connectivity index (χ1n) is 7.47. The summed E-state index contributed by atoms with van der Waals surface area (Å²) in [6, 6.07) is 19.4. The Morgan fingerprint density at radius 1 is 1.04 bits per heavy atom. The van der Waals surface area contributed by atoms with E-state index in [1.807, 2.05) is 60.7 Å². The highest BCUT2D eigenvalue weighted by molar-refractivity contribution is 5.93. The minimum Gasteiger partial charge on any atom is -0.441 e. The van der Waals surface area contributed by atoms with E-state index in [2.05, 4.69) is 4.98 Å². The second-order valence-electron chi connectivity index (χ2n) is 5.44. The topological polar surface area (TPSA) is 46.3 Å². The molecule has 116 valence electrons. The average Bonchev–Trinajstić information content (AvgIpc) is 2.97. The standard InChI is InChI=1S/C19H18N2O2/c1-14-17(20-18(23-14)16-11-7-4-8-12-16)19(22)21(2)13-15-9-5-3-6-10-15/h3-12H,13H2,1-2H3. The van der Waals surface area contributed by atoms with Gasteiger partial charge in [-0.3, -0.25) is 4.79 Å². The molecule has 0 fully saturated rings. The Morgan fingerprint density at radius 2 is 1.65 bits per heavy atom. The van der Waals surface area contributed by atoms with Crippen molar-refractivity contribution in [3.05, 3.63) is 77.7 Å². The van der Waals surface area contributed by atoms with Crippen molar-refractivity contribution in [3.63, 3.8) is 0 Å². The van der Waals surface area contributed by atoms with Gasteiger partial charge in [-0.25, -0.2) is 4.98 Å². The minimum absolute atomic E-state index is 0.141. The van der Waals surface area contributed by atoms with Crippen LogP contribution in [-0.2, 0) is 6.54 Å². The molecule has 0 unspecified atom stereocenters. The Hall–Kier alpha value is -2.88. The van der Waals surface area contributed by atoms with Crippen LogP contribution in [0.1, 0.15) is 21.8 Å². The third-order valence-electron chi connectivity index (χ3n) is 3.63. The Kier molecular flexibility index (Phi) is 4.24. The highest BCUT2D eigenvalue weighted by Crippen LogP contribution is 2.22. The van der Waals surface area contributed by atoms with Crippen LogP contribution in [0.3, 0.4) is 0 Å². The van der Waals surface area contributed by atoms with E-state index in [9.17, 15) is 4.79 Å². The molecule has 0 aliphatic rings. The van der Waals surface area contributed by atoms with Gasteiger partial charge in [-0.05, 0) is 24.6 Å². The SMILES string of the molecule is Cc1oc(-c2ccccc2)nc1C(=O)N(C)Cc1ccccc1. The molecule has 0 aliphatic heterocycles. The maximum atomic E-state index is 12.6. The molecule has 1 aromatic heterocycles. The van der Waals surface area contributed by atoms with Crippen molar-refractivity contribution in [2.75, 3.05) is 7.05 Å². The van der Waals surface area contributed by atoms with Crippen LogP contribution in [0.15, 0.2) is 65.1 Å². The van der Waals surface area contributed by atoms with Gasteiger partial charge >= 0.3 is 0 Å². The molecule has 23 heavy (non-hydrogen) atoms. The molecular weight excluding hydrogens is 288 g/mol. The third kappa shape index (κ3) is 3.31. The molecule has 0 spiro atoms. The minimum atomic E-state index is -0.141. The molecule has 0 N–H and O–H groups in total. The van der Waals surface area contributed by atoms with Gasteiger partial charge in [0.1, 0.15) is 5.76 Å². The molecule has 0 saturated carbocycles. The van der Waals surface area contributed by atoms with Gasteiger partial charge < -0.3 is 9.32 Å². The molecule has 0 bridgehead atoms. The third-order valence-corrected chi connectivity index (χ3v) is 3.63. The number of carbonyl (C=O) groups excluding carboxylic acids is 1. The van der Waals surface area contributed by atoms with Gasteiger partial charge in [-0.15, -0.1) is 0 Å². The molecule has 3 rings (SSSR count). The fourth-order valence-corrected chi connectivity index (χ4v) is 2.41. The predicted molar refractivity (Wildman–Crippen MR) is 88.9 cm³/mol. The lowest BCUT2D eigenvalue weighted by molar-refractivity contribution is 0.0778. The summed E-state index contributed by atoms with van der Waals surface area (Å²) < 4.78 is 5.66. The van der Waals surface area contributed by atoms with E-state index >= 15 is 0 Å². The van der Waals surface area contributed by atoms with Gasteiger partial charge in [0.15, 0.2) is 5.69 Å². The van der Waals surface area contributed by atoms with Crippen molar-refractivity contribution in [2.45, 2.75) is 13.5 Å². The number of hydrogen-bond donors (Lipinski definition) is 0. The van der Waals surface area contributed by atoms with E-state index in [1.165, 1.54) is 0 Å². The fourth-order valence-electron chi connectivity index (χ4n) is 2.41. The van der Waals surface area contributed by atoms with Crippen LogP contribution in [-0.4, -0.2) is 22.8 Å². The van der Waals surface area contributed by atoms with Gasteiger partial charge in [-0.1, -0.05) is 48.5 Å². The van der Waals surface area contributed by atoms with E-state index in [1.54, 1.807) is 18.9 Å². The quantitative estimate of drug-likeness (QED) is 0.734. The van der Waals surface area contributed by atoms with Crippen LogP contribution in [0.5, 0.6) is 0 Å². The maximum absolute atomic E-state index is 12.6. The summed E-state index contributed by atoms with van der Waals surface area (Å²) in [5, 5.41) is 0. The number of hydrogen-bond acceptors (Lipinski definition) is 3. The van der Waals surface area contributed by atoms with Crippen molar-refractivity contribution < 1.29 is 9.21 Å². The lowest BCUT2D eigenvalue weighted by Crippen LogP contribution is -2.27. The molecule has 0 radical (unpaired) electrons. The molecular formula is C19H18N2O2. The normalized spacial score (nSPS) is 10.5. The Morgan fingerprint density at radius 3 is 2.30 bits per heavy atom. The summed E-state index contributed by atoms with van der Waals surface area (Å²) in [4.78, 5) is 18.7. The number of aryl methyl sites for hydroxylation is 1. The molecule has 1 amide bonds. The van der Waals surface area contributed by atoms with Crippen LogP contribution < -0.4 is 0 Å². The molecule has 2 aromatic carbocycles. The van der Waals surface area contributed by atoms with Crippen LogP contribution in [0, 0.1) is 6.92 Å². The smallest absolute Gasteiger partial charge is 0.276 e. The van der Waals surface area contributed by atoms with Crippen LogP contribution >= 0.6 is 0 Å². The zero-order chi connectivity index (χ0) is 16.2. The van der Waals surface area contributed by atoms with Gasteiger partial charge in [0, 0.05) is 19.2 Å². The van der Waals surface area contributed by atoms with Crippen molar-refractivity contribution in [3.8, 4) is 11.5 Å². The van der Waals surface area contributed by atoms with E-state index < -0.39 is 0 Å². The van der Waals surface area contributed by atoms with E-state index in [4.69, 9.17) is 4.42 Å². The molecule has 1 heterocycles. The van der Waals surface area contributed by atoms with E-state index in [-0.39, 0.29) is 5.91 Å². The number of nitrogens with zero attached hydrogens (tertiary/aromatic N) is 2. The summed E-state index contributed by atoms with van der Waals surface area (Å²) in [7, 11) is 1.77. The van der Waals surface area contributed by atoms with Crippen molar-refractivity contribution in [2.24, 2.45) is 0 Å². The van der Waals surface area contributed by atoms with Gasteiger partial charge in [0.2, 0.25) is 5.89 Å². The zero-order valence-electron chi connectivity index (χ0n) is 13.2. The number of carbonyl (C=O) groups is 1.